The van der Waals surface area contributed by atoms with Crippen LogP contribution in [0.2, 0.25) is 0 Å². The van der Waals surface area contributed by atoms with Gasteiger partial charge in [0.05, 0.1) is 17.6 Å². The van der Waals surface area contributed by atoms with E-state index >= 15 is 0 Å². The monoisotopic (exact) mass is 359 g/mol. The molecule has 0 saturated heterocycles. The van der Waals surface area contributed by atoms with Crippen molar-refractivity contribution in [2.75, 3.05) is 0 Å². The predicted molar refractivity (Wildman–Crippen MR) is 105 cm³/mol. The van der Waals surface area contributed by atoms with E-state index in [1.165, 1.54) is 22.4 Å². The summed E-state index contributed by atoms with van der Waals surface area (Å²) in [5.41, 5.74) is 5.97. The molecule has 0 saturated carbocycles. The first-order valence-electron chi connectivity index (χ1n) is 9.78. The first-order chi connectivity index (χ1) is 12.9. The molecule has 0 aliphatic heterocycles. The Hall–Kier alpha value is -2.49. The summed E-state index contributed by atoms with van der Waals surface area (Å²) in [4.78, 5) is 9.87. The van der Waals surface area contributed by atoms with E-state index in [4.69, 9.17) is 14.5 Å². The lowest BCUT2D eigenvalue weighted by atomic mass is 9.51. The topological polar surface area (TPSA) is 51.8 Å². The minimum absolute atomic E-state index is 0.0349. The Bertz CT molecular complexity index is 1020. The maximum atomic E-state index is 5.69. The van der Waals surface area contributed by atoms with E-state index in [9.17, 15) is 0 Å². The quantitative estimate of drug-likeness (QED) is 0.626. The summed E-state index contributed by atoms with van der Waals surface area (Å²) in [6, 6.07) is 10.5. The maximum absolute atomic E-state index is 5.69. The van der Waals surface area contributed by atoms with Gasteiger partial charge in [0.25, 0.3) is 0 Å². The van der Waals surface area contributed by atoms with Crippen LogP contribution in [0.5, 0.6) is 0 Å². The van der Waals surface area contributed by atoms with E-state index in [2.05, 4.69) is 56.3 Å². The molecule has 1 aromatic carbocycles. The zero-order valence-electron chi connectivity index (χ0n) is 16.4. The Labute approximate surface area is 160 Å². The third-order valence-corrected chi connectivity index (χ3v) is 6.82. The van der Waals surface area contributed by atoms with Gasteiger partial charge in [0, 0.05) is 27.5 Å². The summed E-state index contributed by atoms with van der Waals surface area (Å²) in [6.07, 6.45) is 4.95. The average Bonchev–Trinajstić information content (AvgIpc) is 3.11. The van der Waals surface area contributed by atoms with E-state index in [0.29, 0.717) is 5.92 Å². The third kappa shape index (κ3) is 2.25. The number of aryl methyl sites for hydroxylation is 1. The molecule has 5 rings (SSSR count). The number of nitrogens with zero attached hydrogens (tertiary/aromatic N) is 3. The summed E-state index contributed by atoms with van der Waals surface area (Å²) in [7, 11) is 0. The van der Waals surface area contributed by atoms with Crippen LogP contribution in [0.25, 0.3) is 11.3 Å². The molecule has 2 aromatic heterocycles. The third-order valence-electron chi connectivity index (χ3n) is 6.82. The molecular weight excluding hydrogens is 334 g/mol. The summed E-state index contributed by atoms with van der Waals surface area (Å²) in [5.74, 6) is 2.38. The van der Waals surface area contributed by atoms with Crippen molar-refractivity contribution in [3.8, 4) is 11.3 Å². The summed E-state index contributed by atoms with van der Waals surface area (Å²) < 4.78 is 5.69. The number of hydrogen-bond donors (Lipinski definition) is 0. The highest BCUT2D eigenvalue weighted by Gasteiger charge is 2.55. The Morgan fingerprint density at radius 1 is 1.07 bits per heavy atom. The number of fused-ring (bicyclic) bond motifs is 4. The zero-order chi connectivity index (χ0) is 18.8. The lowest BCUT2D eigenvalue weighted by Crippen LogP contribution is -2.52. The van der Waals surface area contributed by atoms with Gasteiger partial charge in [-0.1, -0.05) is 56.3 Å². The van der Waals surface area contributed by atoms with Crippen molar-refractivity contribution in [1.82, 2.24) is 15.1 Å². The van der Waals surface area contributed by atoms with Crippen LogP contribution in [0, 0.1) is 12.8 Å². The first-order valence-corrected chi connectivity index (χ1v) is 9.78. The first kappa shape index (κ1) is 16.7. The molecule has 0 radical (unpaired) electrons. The molecule has 0 unspecified atom stereocenters. The molecule has 2 atom stereocenters. The van der Waals surface area contributed by atoms with Crippen molar-refractivity contribution >= 4 is 0 Å². The molecule has 0 fully saturated rings. The fraction of sp³-hybridized carbons (Fsp3) is 0.435. The molecule has 3 aromatic rings. The second kappa shape index (κ2) is 5.51. The van der Waals surface area contributed by atoms with Gasteiger partial charge in [-0.15, -0.1) is 0 Å². The molecule has 138 valence electrons. The summed E-state index contributed by atoms with van der Waals surface area (Å²) >= 11 is 0. The molecule has 2 aliphatic carbocycles. The second-order valence-electron chi connectivity index (χ2n) is 8.90. The fourth-order valence-electron chi connectivity index (χ4n) is 5.75. The van der Waals surface area contributed by atoms with Crippen LogP contribution in [0.3, 0.4) is 0 Å². The average molecular weight is 359 g/mol. The van der Waals surface area contributed by atoms with Gasteiger partial charge < -0.3 is 4.52 Å². The van der Waals surface area contributed by atoms with Gasteiger partial charge in [-0.2, -0.15) is 0 Å². The van der Waals surface area contributed by atoms with Crippen molar-refractivity contribution in [1.29, 1.82) is 0 Å². The molecule has 4 nitrogen and oxygen atoms in total. The van der Waals surface area contributed by atoms with Crippen LogP contribution in [0.4, 0.5) is 0 Å². The Morgan fingerprint density at radius 2 is 1.85 bits per heavy atom. The van der Waals surface area contributed by atoms with Crippen molar-refractivity contribution in [3.63, 3.8) is 0 Å². The molecule has 0 bridgehead atoms. The largest absolute Gasteiger partial charge is 0.361 e. The second-order valence-corrected chi connectivity index (χ2v) is 8.90. The van der Waals surface area contributed by atoms with Gasteiger partial charge in [0.2, 0.25) is 0 Å². The van der Waals surface area contributed by atoms with Gasteiger partial charge in [0.1, 0.15) is 11.6 Å². The van der Waals surface area contributed by atoms with Gasteiger partial charge in [0.15, 0.2) is 0 Å². The minimum Gasteiger partial charge on any atom is -0.361 e. The van der Waals surface area contributed by atoms with E-state index < -0.39 is 0 Å². The summed E-state index contributed by atoms with van der Waals surface area (Å²) in [6.45, 7) is 9.00. The molecule has 2 aliphatic rings. The SMILES string of the molecule is Cc1nc(-c2ccccc2)c2c(n1)[C@@]1(C)Cc3cnoc3C(C)(C)[C@@H]1CC2. The highest BCUT2D eigenvalue weighted by molar-refractivity contribution is 5.65. The smallest absolute Gasteiger partial charge is 0.145 e. The number of hydrogen-bond acceptors (Lipinski definition) is 4. The fourth-order valence-corrected chi connectivity index (χ4v) is 5.75. The van der Waals surface area contributed by atoms with E-state index in [0.717, 1.165) is 36.5 Å². The van der Waals surface area contributed by atoms with Gasteiger partial charge in [-0.05, 0) is 32.1 Å². The Kier molecular flexibility index (Phi) is 3.40. The van der Waals surface area contributed by atoms with Crippen molar-refractivity contribution in [2.45, 2.75) is 57.8 Å². The standard InChI is InChI=1S/C23H25N3O/c1-14-25-19(15-8-6-5-7-9-15)17-10-11-18-22(2,3)21-16(13-24-27-21)12-23(18,4)20(17)26-14/h5-9,13,18H,10-12H2,1-4H3/t18-,23-/m0/s1. The van der Waals surface area contributed by atoms with Crippen LogP contribution in [-0.4, -0.2) is 15.1 Å². The van der Waals surface area contributed by atoms with E-state index in [1.807, 2.05) is 13.1 Å². The lowest BCUT2D eigenvalue weighted by Gasteiger charge is -2.52. The predicted octanol–water partition coefficient (Wildman–Crippen LogP) is 4.79. The minimum atomic E-state index is -0.0533. The molecule has 27 heavy (non-hydrogen) atoms. The van der Waals surface area contributed by atoms with Crippen LogP contribution in [-0.2, 0) is 23.7 Å². The van der Waals surface area contributed by atoms with Crippen molar-refractivity contribution < 1.29 is 4.52 Å². The van der Waals surface area contributed by atoms with Crippen LogP contribution >= 0.6 is 0 Å². The van der Waals surface area contributed by atoms with Crippen LogP contribution < -0.4 is 0 Å². The molecule has 0 spiro atoms. The van der Waals surface area contributed by atoms with Gasteiger partial charge >= 0.3 is 0 Å². The van der Waals surface area contributed by atoms with Gasteiger partial charge in [-0.3, -0.25) is 0 Å². The van der Waals surface area contributed by atoms with Crippen LogP contribution in [0.1, 0.15) is 55.6 Å². The van der Waals surface area contributed by atoms with E-state index in [-0.39, 0.29) is 10.8 Å². The normalized spacial score (nSPS) is 25.4. The number of rotatable bonds is 1. The molecule has 2 heterocycles. The number of aromatic nitrogens is 3. The number of benzene rings is 1. The molecular formula is C23H25N3O. The van der Waals surface area contributed by atoms with E-state index in [1.54, 1.807) is 0 Å². The van der Waals surface area contributed by atoms with Crippen molar-refractivity contribution in [3.05, 3.63) is 64.9 Å². The van der Waals surface area contributed by atoms with Crippen molar-refractivity contribution in [2.24, 2.45) is 5.92 Å². The Balaban J connectivity index is 1.74. The maximum Gasteiger partial charge on any atom is 0.145 e. The molecule has 4 heteroatoms. The molecule has 0 N–H and O–H groups in total. The van der Waals surface area contributed by atoms with Crippen LogP contribution in [0.15, 0.2) is 41.1 Å². The molecule has 0 amide bonds. The van der Waals surface area contributed by atoms with Gasteiger partial charge in [-0.25, -0.2) is 9.97 Å². The summed E-state index contributed by atoms with van der Waals surface area (Å²) in [5, 5.41) is 4.12. The Morgan fingerprint density at radius 3 is 2.63 bits per heavy atom. The zero-order valence-corrected chi connectivity index (χ0v) is 16.4. The highest BCUT2D eigenvalue weighted by atomic mass is 16.5. The highest BCUT2D eigenvalue weighted by Crippen LogP contribution is 2.56. The lowest BCUT2D eigenvalue weighted by molar-refractivity contribution is 0.108.